The zero-order valence-electron chi connectivity index (χ0n) is 10.7. The fourth-order valence-electron chi connectivity index (χ4n) is 2.28. The average Bonchev–Trinajstić information content (AvgIpc) is 2.73. The molecule has 0 spiro atoms. The third kappa shape index (κ3) is 2.88. The molecule has 17 heavy (non-hydrogen) atoms. The first-order chi connectivity index (χ1) is 8.01. The second-order valence-corrected chi connectivity index (χ2v) is 6.37. The smallest absolute Gasteiger partial charge is 0.105 e. The van der Waals surface area contributed by atoms with Crippen LogP contribution >= 0.6 is 11.3 Å². The summed E-state index contributed by atoms with van der Waals surface area (Å²) < 4.78 is 5.41. The van der Waals surface area contributed by atoms with Crippen molar-refractivity contribution in [1.29, 1.82) is 0 Å². The van der Waals surface area contributed by atoms with Crippen LogP contribution in [0.3, 0.4) is 0 Å². The van der Waals surface area contributed by atoms with E-state index in [1.807, 2.05) is 18.3 Å². The van der Waals surface area contributed by atoms with E-state index >= 15 is 0 Å². The van der Waals surface area contributed by atoms with Crippen LogP contribution < -0.4 is 5.32 Å². The Labute approximate surface area is 107 Å². The molecule has 1 aliphatic heterocycles. The second-order valence-electron chi connectivity index (χ2n) is 4.91. The van der Waals surface area contributed by atoms with Gasteiger partial charge in [-0.15, -0.1) is 11.3 Å². The molecule has 0 amide bonds. The summed E-state index contributed by atoms with van der Waals surface area (Å²) in [5, 5.41) is 13.7. The Morgan fingerprint density at radius 1 is 1.59 bits per heavy atom. The Hall–Kier alpha value is -0.420. The van der Waals surface area contributed by atoms with Crippen LogP contribution in [0.15, 0.2) is 6.07 Å². The zero-order valence-corrected chi connectivity index (χ0v) is 11.6. The molecule has 4 heteroatoms. The van der Waals surface area contributed by atoms with Gasteiger partial charge in [-0.3, -0.25) is 0 Å². The van der Waals surface area contributed by atoms with Crippen molar-refractivity contribution in [2.24, 2.45) is 0 Å². The maximum Gasteiger partial charge on any atom is 0.105 e. The molecular weight excluding hydrogens is 234 g/mol. The van der Waals surface area contributed by atoms with Gasteiger partial charge in [-0.05, 0) is 32.4 Å². The summed E-state index contributed by atoms with van der Waals surface area (Å²) >= 11 is 1.82. The van der Waals surface area contributed by atoms with E-state index in [1.54, 1.807) is 0 Å². The third-order valence-electron chi connectivity index (χ3n) is 3.55. The highest BCUT2D eigenvalue weighted by molar-refractivity contribution is 7.12. The first-order valence-electron chi connectivity index (χ1n) is 6.12. The van der Waals surface area contributed by atoms with Gasteiger partial charge < -0.3 is 15.2 Å². The van der Waals surface area contributed by atoms with Crippen molar-refractivity contribution in [3.8, 4) is 0 Å². The lowest BCUT2D eigenvalue weighted by atomic mass is 9.96. The molecule has 1 aliphatic rings. The van der Waals surface area contributed by atoms with Gasteiger partial charge in [0.1, 0.15) is 5.60 Å². The number of hydrogen-bond donors (Lipinski definition) is 2. The first kappa shape index (κ1) is 13.0. The predicted octanol–water partition coefficient (Wildman–Crippen LogP) is 1.99. The number of aryl methyl sites for hydroxylation is 2. The summed E-state index contributed by atoms with van der Waals surface area (Å²) in [6.07, 6.45) is 0.656. The summed E-state index contributed by atoms with van der Waals surface area (Å²) in [6, 6.07) is 2.21. The summed E-state index contributed by atoms with van der Waals surface area (Å²) in [7, 11) is 0. The molecule has 2 heterocycles. The topological polar surface area (TPSA) is 41.5 Å². The van der Waals surface area contributed by atoms with Crippen LogP contribution in [0.2, 0.25) is 0 Å². The monoisotopic (exact) mass is 255 g/mol. The summed E-state index contributed by atoms with van der Waals surface area (Å²) in [6.45, 7) is 8.30. The Morgan fingerprint density at radius 2 is 2.35 bits per heavy atom. The van der Waals surface area contributed by atoms with Gasteiger partial charge in [-0.25, -0.2) is 0 Å². The average molecular weight is 255 g/mol. The number of rotatable bonds is 4. The predicted molar refractivity (Wildman–Crippen MR) is 70.5 cm³/mol. The molecule has 1 aromatic rings. The van der Waals surface area contributed by atoms with Gasteiger partial charge in [0.2, 0.25) is 0 Å². The molecule has 96 valence electrons. The van der Waals surface area contributed by atoms with Crippen LogP contribution in [0.5, 0.6) is 0 Å². The summed E-state index contributed by atoms with van der Waals surface area (Å²) in [5.41, 5.74) is 0.640. The zero-order chi connectivity index (χ0) is 12.5. The van der Waals surface area contributed by atoms with Crippen LogP contribution in [-0.4, -0.2) is 30.0 Å². The van der Waals surface area contributed by atoms with E-state index < -0.39 is 5.60 Å². The van der Waals surface area contributed by atoms with E-state index in [9.17, 15) is 5.11 Å². The molecule has 3 nitrogen and oxygen atoms in total. The van der Waals surface area contributed by atoms with Crippen molar-refractivity contribution in [3.63, 3.8) is 0 Å². The van der Waals surface area contributed by atoms with Gasteiger partial charge in [0.05, 0.1) is 6.10 Å². The van der Waals surface area contributed by atoms with Gasteiger partial charge in [0.15, 0.2) is 0 Å². The minimum absolute atomic E-state index is 0.0692. The maximum absolute atomic E-state index is 10.3. The standard InChI is InChI=1S/C13H21NO2S/c1-9-6-12(10(2)17-9)7-14-8-13(15)4-5-16-11(13)3/h6,11,14-15H,4-5,7-8H2,1-3H3. The van der Waals surface area contributed by atoms with Crippen molar-refractivity contribution in [2.75, 3.05) is 13.2 Å². The fraction of sp³-hybridized carbons (Fsp3) is 0.692. The second kappa shape index (κ2) is 5.06. The minimum Gasteiger partial charge on any atom is -0.386 e. The molecule has 2 unspecified atom stereocenters. The number of ether oxygens (including phenoxy) is 1. The van der Waals surface area contributed by atoms with Crippen molar-refractivity contribution < 1.29 is 9.84 Å². The maximum atomic E-state index is 10.3. The van der Waals surface area contributed by atoms with Crippen molar-refractivity contribution in [3.05, 3.63) is 21.4 Å². The number of aliphatic hydroxyl groups is 1. The Kier molecular flexibility index (Phi) is 3.88. The van der Waals surface area contributed by atoms with Crippen LogP contribution in [0.4, 0.5) is 0 Å². The van der Waals surface area contributed by atoms with E-state index in [0.717, 1.165) is 13.0 Å². The minimum atomic E-state index is -0.695. The van der Waals surface area contributed by atoms with Gasteiger partial charge >= 0.3 is 0 Å². The van der Waals surface area contributed by atoms with Gasteiger partial charge in [-0.1, -0.05) is 0 Å². The Bertz CT molecular complexity index is 391. The number of hydrogen-bond acceptors (Lipinski definition) is 4. The van der Waals surface area contributed by atoms with Crippen LogP contribution in [-0.2, 0) is 11.3 Å². The van der Waals surface area contributed by atoms with E-state index in [4.69, 9.17) is 4.74 Å². The molecule has 0 aliphatic carbocycles. The number of thiophene rings is 1. The molecule has 1 aromatic heterocycles. The molecule has 2 atom stereocenters. The molecule has 0 aromatic carbocycles. The lowest BCUT2D eigenvalue weighted by Crippen LogP contribution is -2.45. The lowest BCUT2D eigenvalue weighted by Gasteiger charge is -2.26. The van der Waals surface area contributed by atoms with E-state index in [-0.39, 0.29) is 6.10 Å². The first-order valence-corrected chi connectivity index (χ1v) is 6.93. The molecule has 1 saturated heterocycles. The van der Waals surface area contributed by atoms with Gasteiger partial charge in [-0.2, -0.15) is 0 Å². The molecular formula is C13H21NO2S. The molecule has 0 radical (unpaired) electrons. The summed E-state index contributed by atoms with van der Waals surface area (Å²) in [5.74, 6) is 0. The van der Waals surface area contributed by atoms with Crippen LogP contribution in [0, 0.1) is 13.8 Å². The van der Waals surface area contributed by atoms with E-state index in [0.29, 0.717) is 13.2 Å². The van der Waals surface area contributed by atoms with Crippen LogP contribution in [0.1, 0.15) is 28.7 Å². The largest absolute Gasteiger partial charge is 0.386 e. The SMILES string of the molecule is Cc1cc(CNCC2(O)CCOC2C)c(C)s1. The highest BCUT2D eigenvalue weighted by Gasteiger charge is 2.38. The Balaban J connectivity index is 1.85. The van der Waals surface area contributed by atoms with Crippen molar-refractivity contribution in [1.82, 2.24) is 5.32 Å². The highest BCUT2D eigenvalue weighted by atomic mass is 32.1. The van der Waals surface area contributed by atoms with Gasteiger partial charge in [0, 0.05) is 35.9 Å². The van der Waals surface area contributed by atoms with Gasteiger partial charge in [0.25, 0.3) is 0 Å². The molecule has 0 bridgehead atoms. The third-order valence-corrected chi connectivity index (χ3v) is 4.56. The molecule has 2 rings (SSSR count). The van der Waals surface area contributed by atoms with Crippen molar-refractivity contribution in [2.45, 2.75) is 45.4 Å². The van der Waals surface area contributed by atoms with E-state index in [2.05, 4.69) is 25.2 Å². The molecule has 1 fully saturated rings. The highest BCUT2D eigenvalue weighted by Crippen LogP contribution is 2.25. The fourth-order valence-corrected chi connectivity index (χ4v) is 3.22. The quantitative estimate of drug-likeness (QED) is 0.864. The van der Waals surface area contributed by atoms with Crippen LogP contribution in [0.25, 0.3) is 0 Å². The summed E-state index contributed by atoms with van der Waals surface area (Å²) in [4.78, 5) is 2.70. The van der Waals surface area contributed by atoms with E-state index in [1.165, 1.54) is 15.3 Å². The molecule has 2 N–H and O–H groups in total. The normalized spacial score (nSPS) is 28.8. The van der Waals surface area contributed by atoms with Crippen molar-refractivity contribution >= 4 is 11.3 Å². The lowest BCUT2D eigenvalue weighted by molar-refractivity contribution is -0.0262. The molecule has 0 saturated carbocycles. The Morgan fingerprint density at radius 3 is 2.88 bits per heavy atom. The number of nitrogens with one attached hydrogen (secondary N) is 1.